The van der Waals surface area contributed by atoms with Crippen molar-refractivity contribution in [3.63, 3.8) is 0 Å². The van der Waals surface area contributed by atoms with Crippen LogP contribution in [0.2, 0.25) is 0 Å². The normalized spacial score (nSPS) is 9.54. The van der Waals surface area contributed by atoms with Crippen LogP contribution in [0.15, 0.2) is 9.59 Å². The Hall–Kier alpha value is -2.12. The van der Waals surface area contributed by atoms with Crippen LogP contribution >= 0.6 is 0 Å². The van der Waals surface area contributed by atoms with Crippen molar-refractivity contribution in [2.75, 3.05) is 11.9 Å². The molecule has 0 atom stereocenters. The molecule has 0 aromatic carbocycles. The van der Waals surface area contributed by atoms with E-state index in [4.69, 9.17) is 5.11 Å². The largest absolute Gasteiger partial charge is 0.480 e. The zero-order chi connectivity index (χ0) is 9.84. The second kappa shape index (κ2) is 3.52. The first kappa shape index (κ1) is 8.97. The zero-order valence-electron chi connectivity index (χ0n) is 6.33. The quantitative estimate of drug-likeness (QED) is 0.430. The maximum Gasteiger partial charge on any atom is 0.342 e. The summed E-state index contributed by atoms with van der Waals surface area (Å²) in [6.45, 7) is -0.442. The second-order valence-electron chi connectivity index (χ2n) is 2.10. The summed E-state index contributed by atoms with van der Waals surface area (Å²) < 4.78 is 0. The Bertz CT molecular complexity index is 419. The van der Waals surface area contributed by atoms with Gasteiger partial charge >= 0.3 is 11.7 Å². The van der Waals surface area contributed by atoms with Crippen LogP contribution < -0.4 is 16.6 Å². The van der Waals surface area contributed by atoms with Crippen LogP contribution in [0.1, 0.15) is 0 Å². The van der Waals surface area contributed by atoms with Gasteiger partial charge in [0.1, 0.15) is 6.54 Å². The molecular weight excluding hydrogens is 180 g/mol. The van der Waals surface area contributed by atoms with Crippen molar-refractivity contribution in [3.8, 4) is 0 Å². The summed E-state index contributed by atoms with van der Waals surface area (Å²) in [5.74, 6) is -1.37. The Morgan fingerprint density at radius 1 is 1.54 bits per heavy atom. The van der Waals surface area contributed by atoms with E-state index in [0.29, 0.717) is 0 Å². The first-order valence-corrected chi connectivity index (χ1v) is 3.24. The van der Waals surface area contributed by atoms with Crippen LogP contribution in [0, 0.1) is 0 Å². The highest BCUT2D eigenvalue weighted by atomic mass is 16.4. The molecule has 13 heavy (non-hydrogen) atoms. The third-order valence-corrected chi connectivity index (χ3v) is 1.12. The summed E-state index contributed by atoms with van der Waals surface area (Å²) in [7, 11) is 0. The third kappa shape index (κ3) is 2.43. The second-order valence-corrected chi connectivity index (χ2v) is 2.10. The monoisotopic (exact) mass is 186 g/mol. The first-order valence-electron chi connectivity index (χ1n) is 3.24. The van der Waals surface area contributed by atoms with Crippen LogP contribution in [0.25, 0.3) is 0 Å². The molecule has 0 unspecified atom stereocenters. The fourth-order valence-electron chi connectivity index (χ4n) is 0.627. The number of carboxylic acids is 1. The number of anilines is 1. The molecule has 0 fully saturated rings. The minimum Gasteiger partial charge on any atom is -0.480 e. The van der Waals surface area contributed by atoms with Gasteiger partial charge in [-0.15, -0.1) is 5.10 Å². The number of hydrogen-bond acceptors (Lipinski definition) is 5. The van der Waals surface area contributed by atoms with Crippen LogP contribution in [0.3, 0.4) is 0 Å². The highest BCUT2D eigenvalue weighted by molar-refractivity contribution is 5.72. The molecule has 0 spiro atoms. The van der Waals surface area contributed by atoms with E-state index in [2.05, 4.69) is 10.4 Å². The van der Waals surface area contributed by atoms with E-state index in [-0.39, 0.29) is 5.82 Å². The summed E-state index contributed by atoms with van der Waals surface area (Å²) in [4.78, 5) is 33.3. The zero-order valence-corrected chi connectivity index (χ0v) is 6.33. The Morgan fingerprint density at radius 3 is 2.77 bits per heavy atom. The lowest BCUT2D eigenvalue weighted by atomic mass is 10.6. The predicted molar refractivity (Wildman–Crippen MR) is 41.6 cm³/mol. The minimum atomic E-state index is -1.13. The van der Waals surface area contributed by atoms with E-state index in [1.54, 1.807) is 0 Å². The number of aromatic amines is 2. The van der Waals surface area contributed by atoms with Gasteiger partial charge in [-0.05, 0) is 0 Å². The maximum absolute atomic E-state index is 10.9. The molecule has 0 aliphatic heterocycles. The molecule has 70 valence electrons. The predicted octanol–water partition coefficient (Wildman–Crippen LogP) is -2.05. The number of aromatic nitrogens is 3. The third-order valence-electron chi connectivity index (χ3n) is 1.12. The smallest absolute Gasteiger partial charge is 0.342 e. The molecule has 0 saturated heterocycles. The molecule has 4 N–H and O–H groups in total. The fourth-order valence-corrected chi connectivity index (χ4v) is 0.627. The highest BCUT2D eigenvalue weighted by Crippen LogP contribution is 1.83. The number of carbonyl (C=O) groups is 1. The summed E-state index contributed by atoms with van der Waals surface area (Å²) in [6.07, 6.45) is 0. The lowest BCUT2D eigenvalue weighted by molar-refractivity contribution is -0.134. The van der Waals surface area contributed by atoms with Gasteiger partial charge in [-0.1, -0.05) is 0 Å². The molecule has 0 aliphatic rings. The van der Waals surface area contributed by atoms with Crippen molar-refractivity contribution >= 4 is 11.8 Å². The lowest BCUT2D eigenvalue weighted by Crippen LogP contribution is -2.28. The van der Waals surface area contributed by atoms with Gasteiger partial charge in [0, 0.05) is 0 Å². The molecule has 0 amide bonds. The fraction of sp³-hybridized carbons (Fsp3) is 0.200. The van der Waals surface area contributed by atoms with Crippen molar-refractivity contribution < 1.29 is 9.90 Å². The van der Waals surface area contributed by atoms with E-state index < -0.39 is 23.8 Å². The van der Waals surface area contributed by atoms with E-state index in [1.165, 1.54) is 0 Å². The molecule has 0 saturated carbocycles. The SMILES string of the molecule is O=C(O)CNc1n[nH]c(=O)[nH]c1=O. The van der Waals surface area contributed by atoms with Gasteiger partial charge in [0.05, 0.1) is 0 Å². The van der Waals surface area contributed by atoms with Crippen molar-refractivity contribution in [1.29, 1.82) is 0 Å². The summed E-state index contributed by atoms with van der Waals surface area (Å²) in [5.41, 5.74) is -1.50. The summed E-state index contributed by atoms with van der Waals surface area (Å²) in [5, 5.41) is 15.7. The number of H-pyrrole nitrogens is 2. The average Bonchev–Trinajstić information content (AvgIpc) is 2.02. The number of nitrogens with zero attached hydrogens (tertiary/aromatic N) is 1. The van der Waals surface area contributed by atoms with Gasteiger partial charge in [-0.2, -0.15) is 0 Å². The standard InChI is InChI=1S/C5H6N4O4/c10-2(11)1-6-3-4(12)7-5(13)9-8-3/h1H2,(H,6,8)(H,10,11)(H2,7,9,12,13). The van der Waals surface area contributed by atoms with Crippen LogP contribution in [-0.4, -0.2) is 32.8 Å². The van der Waals surface area contributed by atoms with Crippen molar-refractivity contribution in [1.82, 2.24) is 15.2 Å². The molecule has 0 bridgehead atoms. The summed E-state index contributed by atoms with van der Waals surface area (Å²) >= 11 is 0. The molecule has 8 heteroatoms. The number of rotatable bonds is 3. The van der Waals surface area contributed by atoms with Gasteiger partial charge in [0.25, 0.3) is 5.56 Å². The van der Waals surface area contributed by atoms with E-state index >= 15 is 0 Å². The van der Waals surface area contributed by atoms with Gasteiger partial charge in [-0.3, -0.25) is 14.6 Å². The van der Waals surface area contributed by atoms with Crippen LogP contribution in [0.4, 0.5) is 5.82 Å². The molecule has 0 radical (unpaired) electrons. The van der Waals surface area contributed by atoms with Gasteiger partial charge in [-0.25, -0.2) is 9.89 Å². The Labute approximate surface area is 70.6 Å². The van der Waals surface area contributed by atoms with Crippen LogP contribution in [0.5, 0.6) is 0 Å². The Balaban J connectivity index is 2.84. The van der Waals surface area contributed by atoms with Gasteiger partial charge in [0.2, 0.25) is 5.82 Å². The molecule has 8 nitrogen and oxygen atoms in total. The number of aliphatic carboxylic acids is 1. The lowest BCUT2D eigenvalue weighted by Gasteiger charge is -1.97. The first-order chi connectivity index (χ1) is 6.09. The van der Waals surface area contributed by atoms with Gasteiger partial charge in [0.15, 0.2) is 0 Å². The minimum absolute atomic E-state index is 0.234. The van der Waals surface area contributed by atoms with E-state index in [0.717, 1.165) is 0 Å². The molecule has 1 heterocycles. The summed E-state index contributed by atoms with van der Waals surface area (Å²) in [6, 6.07) is 0. The number of hydrogen-bond donors (Lipinski definition) is 4. The maximum atomic E-state index is 10.9. The molecule has 1 rings (SSSR count). The topological polar surface area (TPSA) is 128 Å². The Morgan fingerprint density at radius 2 is 2.23 bits per heavy atom. The van der Waals surface area contributed by atoms with Crippen LogP contribution in [-0.2, 0) is 4.79 Å². The number of carboxylic acid groups (broad SMARTS) is 1. The Kier molecular flexibility index (Phi) is 2.43. The molecule has 1 aromatic rings. The molecule has 1 aromatic heterocycles. The molecular formula is C5H6N4O4. The van der Waals surface area contributed by atoms with E-state index in [9.17, 15) is 14.4 Å². The van der Waals surface area contributed by atoms with Crippen molar-refractivity contribution in [2.45, 2.75) is 0 Å². The average molecular weight is 186 g/mol. The van der Waals surface area contributed by atoms with E-state index in [1.807, 2.05) is 10.1 Å². The molecule has 0 aliphatic carbocycles. The number of nitrogens with one attached hydrogen (secondary N) is 3. The van der Waals surface area contributed by atoms with Crippen molar-refractivity contribution in [3.05, 3.63) is 20.8 Å². The highest BCUT2D eigenvalue weighted by Gasteiger charge is 2.02. The van der Waals surface area contributed by atoms with Gasteiger partial charge < -0.3 is 10.4 Å². The van der Waals surface area contributed by atoms with Crippen molar-refractivity contribution in [2.24, 2.45) is 0 Å².